The molecule has 0 aromatic heterocycles. The molecule has 0 saturated carbocycles. The average Bonchev–Trinajstić information content (AvgIpc) is 2.31. The van der Waals surface area contributed by atoms with Crippen molar-refractivity contribution in [3.8, 4) is 0 Å². The Morgan fingerprint density at radius 2 is 2.18 bits per heavy atom. The highest BCUT2D eigenvalue weighted by atomic mass is 35.5. The van der Waals surface area contributed by atoms with Gasteiger partial charge in [0.1, 0.15) is 0 Å². The van der Waals surface area contributed by atoms with E-state index in [-0.39, 0.29) is 12.4 Å². The van der Waals surface area contributed by atoms with Crippen LogP contribution in [0.4, 0.5) is 0 Å². The molecule has 0 aromatic carbocycles. The van der Waals surface area contributed by atoms with E-state index >= 15 is 0 Å². The number of unbranched alkanes of at least 4 members (excludes halogenated alkanes) is 1. The summed E-state index contributed by atoms with van der Waals surface area (Å²) < 4.78 is 0. The molecule has 1 rings (SSSR count). The van der Waals surface area contributed by atoms with Crippen molar-refractivity contribution >= 4 is 0 Å². The zero-order valence-electron chi connectivity index (χ0n) is 7.23. The minimum atomic E-state index is 0. The predicted octanol–water partition coefficient (Wildman–Crippen LogP) is 0.271. The Balaban J connectivity index is 0.000001000. The lowest BCUT2D eigenvalue weighted by Gasteiger charge is -1.88. The quantitative estimate of drug-likeness (QED) is 0.534. The van der Waals surface area contributed by atoms with Crippen molar-refractivity contribution < 1.29 is 12.4 Å². The molecule has 0 atom stereocenters. The Morgan fingerprint density at radius 3 is 2.64 bits per heavy atom. The smallest absolute Gasteiger partial charge is 0.0934 e. The van der Waals surface area contributed by atoms with E-state index < -0.39 is 0 Å². The number of hydrogen-bond donors (Lipinski definition) is 0. The van der Waals surface area contributed by atoms with Gasteiger partial charge >= 0.3 is 0 Å². The van der Waals surface area contributed by atoms with Gasteiger partial charge in [-0.15, -0.1) is 0 Å². The summed E-state index contributed by atoms with van der Waals surface area (Å²) in [6.07, 6.45) is 10.6. The van der Waals surface area contributed by atoms with E-state index in [1.807, 2.05) is 0 Å². The summed E-state index contributed by atoms with van der Waals surface area (Å²) in [5, 5.41) is 0. The second-order valence-corrected chi connectivity index (χ2v) is 2.90. The molecule has 0 fully saturated rings. The van der Waals surface area contributed by atoms with Gasteiger partial charge in [-0.3, -0.25) is 0 Å². The molecule has 0 N–H and O–H groups in total. The number of allylic oxidation sites excluding steroid dienone is 4. The summed E-state index contributed by atoms with van der Waals surface area (Å²) in [5.41, 5.74) is 1.50. The molecule has 11 heavy (non-hydrogen) atoms. The first-order valence-corrected chi connectivity index (χ1v) is 4.05. The van der Waals surface area contributed by atoms with Crippen molar-refractivity contribution in [2.24, 2.45) is 0 Å². The summed E-state index contributed by atoms with van der Waals surface area (Å²) in [6, 6.07) is 0. The van der Waals surface area contributed by atoms with E-state index in [2.05, 4.69) is 32.1 Å². The lowest BCUT2D eigenvalue weighted by molar-refractivity contribution is -0.00000221. The van der Waals surface area contributed by atoms with Gasteiger partial charge in [-0.05, 0) is 6.42 Å². The van der Waals surface area contributed by atoms with Crippen LogP contribution in [-0.4, -0.2) is 0 Å². The molecular formula is C10H15Cl. The van der Waals surface area contributed by atoms with Crippen LogP contribution in [0.3, 0.4) is 0 Å². The standard InChI is InChI=1S/C10H15.ClH/c1-3-4-5-10-7-6-9(2)8-10;/h6-8H,3-5H2,1-2H3;1H/q+1;/p-1. The Labute approximate surface area is 75.8 Å². The van der Waals surface area contributed by atoms with Crippen LogP contribution >= 0.6 is 0 Å². The molecule has 0 nitrogen and oxygen atoms in total. The highest BCUT2D eigenvalue weighted by molar-refractivity contribution is 5.39. The third kappa shape index (κ3) is 3.52. The Morgan fingerprint density at radius 1 is 1.45 bits per heavy atom. The summed E-state index contributed by atoms with van der Waals surface area (Å²) in [7, 11) is 0. The van der Waals surface area contributed by atoms with Crippen molar-refractivity contribution in [3.63, 3.8) is 0 Å². The number of rotatable bonds is 3. The summed E-state index contributed by atoms with van der Waals surface area (Å²) >= 11 is 0. The Kier molecular flexibility index (Phi) is 5.14. The first-order valence-electron chi connectivity index (χ1n) is 4.05. The van der Waals surface area contributed by atoms with Crippen molar-refractivity contribution in [2.75, 3.05) is 0 Å². The molecule has 0 aromatic rings. The molecule has 0 heterocycles. The monoisotopic (exact) mass is 170 g/mol. The van der Waals surface area contributed by atoms with E-state index in [9.17, 15) is 0 Å². The van der Waals surface area contributed by atoms with Crippen molar-refractivity contribution in [2.45, 2.75) is 33.1 Å². The van der Waals surface area contributed by atoms with Crippen LogP contribution in [-0.2, 0) is 0 Å². The van der Waals surface area contributed by atoms with Gasteiger partial charge < -0.3 is 12.4 Å². The molecular weight excluding hydrogens is 156 g/mol. The molecule has 1 aliphatic carbocycles. The predicted molar refractivity (Wildman–Crippen MR) is 45.7 cm³/mol. The van der Waals surface area contributed by atoms with Crippen LogP contribution in [0, 0.1) is 5.92 Å². The van der Waals surface area contributed by atoms with Gasteiger partial charge in [0, 0.05) is 13.3 Å². The van der Waals surface area contributed by atoms with E-state index in [0.717, 1.165) is 0 Å². The van der Waals surface area contributed by atoms with Gasteiger partial charge in [-0.2, -0.15) is 0 Å². The van der Waals surface area contributed by atoms with E-state index in [0.29, 0.717) is 0 Å². The maximum atomic E-state index is 2.27. The van der Waals surface area contributed by atoms with Crippen LogP contribution in [0.1, 0.15) is 33.1 Å². The van der Waals surface area contributed by atoms with Crippen molar-refractivity contribution in [1.29, 1.82) is 0 Å². The van der Waals surface area contributed by atoms with Gasteiger partial charge in [0.15, 0.2) is 0 Å². The van der Waals surface area contributed by atoms with Crippen LogP contribution < -0.4 is 12.4 Å². The zero-order chi connectivity index (χ0) is 7.40. The molecule has 0 bridgehead atoms. The number of hydrogen-bond acceptors (Lipinski definition) is 0. The van der Waals surface area contributed by atoms with Crippen LogP contribution in [0.25, 0.3) is 0 Å². The third-order valence-electron chi connectivity index (χ3n) is 1.79. The minimum absolute atomic E-state index is 0. The van der Waals surface area contributed by atoms with Gasteiger partial charge in [0.05, 0.1) is 29.7 Å². The average molecular weight is 171 g/mol. The maximum absolute atomic E-state index is 2.27. The topological polar surface area (TPSA) is 0 Å². The van der Waals surface area contributed by atoms with Crippen LogP contribution in [0.15, 0.2) is 23.8 Å². The highest BCUT2D eigenvalue weighted by Crippen LogP contribution is 2.20. The molecule has 1 aliphatic rings. The summed E-state index contributed by atoms with van der Waals surface area (Å²) in [4.78, 5) is 0. The Bertz CT molecular complexity index is 156. The largest absolute Gasteiger partial charge is 1.00 e. The normalized spacial score (nSPS) is 14.7. The van der Waals surface area contributed by atoms with Gasteiger partial charge in [-0.1, -0.05) is 13.3 Å². The molecule has 0 spiro atoms. The molecule has 0 amide bonds. The molecule has 0 saturated heterocycles. The van der Waals surface area contributed by atoms with Gasteiger partial charge in [0.25, 0.3) is 0 Å². The van der Waals surface area contributed by atoms with E-state index in [4.69, 9.17) is 0 Å². The number of halogens is 1. The zero-order valence-corrected chi connectivity index (χ0v) is 7.99. The first-order chi connectivity index (χ1) is 4.83. The third-order valence-corrected chi connectivity index (χ3v) is 1.79. The summed E-state index contributed by atoms with van der Waals surface area (Å²) in [5.74, 6) is 1.39. The van der Waals surface area contributed by atoms with Crippen LogP contribution in [0.2, 0.25) is 0 Å². The SMILES string of the molecule is CCCCC1=C[C+](C)C=C1.[Cl-]. The molecule has 0 aliphatic heterocycles. The second-order valence-electron chi connectivity index (χ2n) is 2.90. The maximum Gasteiger partial charge on any atom is 0.0934 e. The lowest BCUT2D eigenvalue weighted by atomic mass is 10.1. The van der Waals surface area contributed by atoms with E-state index in [1.54, 1.807) is 0 Å². The Hall–Kier alpha value is -0.360. The van der Waals surface area contributed by atoms with Gasteiger partial charge in [-0.25, -0.2) is 0 Å². The molecule has 0 radical (unpaired) electrons. The fraction of sp³-hybridized carbons (Fsp3) is 0.500. The summed E-state index contributed by atoms with van der Waals surface area (Å²) in [6.45, 7) is 4.38. The molecule has 0 unspecified atom stereocenters. The lowest BCUT2D eigenvalue weighted by Crippen LogP contribution is -3.00. The second kappa shape index (κ2) is 5.31. The van der Waals surface area contributed by atoms with E-state index in [1.165, 1.54) is 30.8 Å². The van der Waals surface area contributed by atoms with Gasteiger partial charge in [0.2, 0.25) is 0 Å². The first kappa shape index (κ1) is 10.6. The fourth-order valence-corrected chi connectivity index (χ4v) is 1.16. The fourth-order valence-electron chi connectivity index (χ4n) is 1.16. The minimum Gasteiger partial charge on any atom is -1.00 e. The van der Waals surface area contributed by atoms with Crippen LogP contribution in [0.5, 0.6) is 0 Å². The van der Waals surface area contributed by atoms with Crippen molar-refractivity contribution in [1.82, 2.24) is 0 Å². The van der Waals surface area contributed by atoms with Crippen molar-refractivity contribution in [3.05, 3.63) is 29.7 Å². The highest BCUT2D eigenvalue weighted by Gasteiger charge is 2.12. The molecule has 62 valence electrons. The molecule has 1 heteroatoms.